The van der Waals surface area contributed by atoms with Gasteiger partial charge in [0.05, 0.1) is 0 Å². The number of phosphoric ester groups is 1. The molecule has 0 saturated heterocycles. The van der Waals surface area contributed by atoms with Crippen molar-refractivity contribution in [2.24, 2.45) is 0 Å². The number of hydrogen-bond donors (Lipinski definition) is 1. The second-order valence-electron chi connectivity index (χ2n) is 12.6. The lowest BCUT2D eigenvalue weighted by molar-refractivity contribution is 0.281. The fourth-order valence-corrected chi connectivity index (χ4v) is 8.88. The Morgan fingerprint density at radius 1 is 0.478 bits per heavy atom. The first kappa shape index (κ1) is 27.4. The molecule has 4 nitrogen and oxygen atoms in total. The van der Waals surface area contributed by atoms with Crippen LogP contribution in [0.3, 0.4) is 0 Å². The molecule has 1 N–H and O–H groups in total. The summed E-state index contributed by atoms with van der Waals surface area (Å²) in [6.07, 6.45) is 3.57. The maximum atomic E-state index is 14.0. The first-order valence-corrected chi connectivity index (χ1v) is 17.4. The minimum Gasteiger partial charge on any atom is -0.394 e. The molecule has 0 fully saturated rings. The molecule has 3 aliphatic rings. The van der Waals surface area contributed by atoms with Crippen molar-refractivity contribution in [3.05, 3.63) is 156 Å². The number of phosphoric acid groups is 1. The molecule has 46 heavy (non-hydrogen) atoms. The van der Waals surface area contributed by atoms with Crippen LogP contribution >= 0.6 is 7.82 Å². The molecule has 0 bridgehead atoms. The summed E-state index contributed by atoms with van der Waals surface area (Å²) >= 11 is 0. The van der Waals surface area contributed by atoms with Gasteiger partial charge in [-0.15, -0.1) is 0 Å². The topological polar surface area (TPSA) is 55.8 Å². The molecular formula is C41H31O4P. The van der Waals surface area contributed by atoms with Crippen LogP contribution in [0, 0.1) is 0 Å². The molecular weight excluding hydrogens is 587 g/mol. The largest absolute Gasteiger partial charge is 0.584 e. The first-order valence-electron chi connectivity index (χ1n) is 15.9. The van der Waals surface area contributed by atoms with Crippen LogP contribution in [0.4, 0.5) is 0 Å². The van der Waals surface area contributed by atoms with Crippen LogP contribution in [0.1, 0.15) is 35.1 Å². The fourth-order valence-electron chi connectivity index (χ4n) is 8.00. The molecule has 6 aromatic carbocycles. The lowest BCUT2D eigenvalue weighted by atomic mass is 9.74. The van der Waals surface area contributed by atoms with Crippen molar-refractivity contribution in [2.45, 2.75) is 31.1 Å². The highest BCUT2D eigenvalue weighted by Crippen LogP contribution is 2.65. The molecule has 9 rings (SSSR count). The van der Waals surface area contributed by atoms with Gasteiger partial charge in [-0.1, -0.05) is 133 Å². The molecule has 6 aromatic rings. The van der Waals surface area contributed by atoms with Gasteiger partial charge in [0.2, 0.25) is 0 Å². The normalized spacial score (nSPS) is 16.4. The van der Waals surface area contributed by atoms with Crippen LogP contribution < -0.4 is 9.05 Å². The van der Waals surface area contributed by atoms with Gasteiger partial charge in [0.1, 0.15) is 11.5 Å². The van der Waals surface area contributed by atoms with Gasteiger partial charge in [-0.3, -0.25) is 4.89 Å². The Kier molecular flexibility index (Phi) is 6.15. The van der Waals surface area contributed by atoms with Crippen molar-refractivity contribution in [2.75, 3.05) is 0 Å². The predicted molar refractivity (Wildman–Crippen MR) is 183 cm³/mol. The van der Waals surface area contributed by atoms with E-state index in [0.29, 0.717) is 11.5 Å². The average molecular weight is 619 g/mol. The third-order valence-electron chi connectivity index (χ3n) is 10.1. The number of hydrogen-bond acceptors (Lipinski definition) is 3. The van der Waals surface area contributed by atoms with Gasteiger partial charge < -0.3 is 9.05 Å². The molecule has 2 aliphatic carbocycles. The lowest BCUT2D eigenvalue weighted by Crippen LogP contribution is -2.25. The Morgan fingerprint density at radius 3 is 1.26 bits per heavy atom. The van der Waals surface area contributed by atoms with E-state index in [2.05, 4.69) is 84.9 Å². The van der Waals surface area contributed by atoms with Gasteiger partial charge in [-0.2, -0.15) is 0 Å². The lowest BCUT2D eigenvalue weighted by Gasteiger charge is -2.34. The molecule has 0 saturated carbocycles. The summed E-state index contributed by atoms with van der Waals surface area (Å²) in [4.78, 5) is 11.4. The van der Waals surface area contributed by atoms with E-state index in [-0.39, 0.29) is 5.41 Å². The molecule has 1 aliphatic heterocycles. The zero-order valence-corrected chi connectivity index (χ0v) is 26.0. The molecule has 0 amide bonds. The minimum absolute atomic E-state index is 0.351. The Balaban J connectivity index is 1.20. The Hall–Kier alpha value is -4.89. The van der Waals surface area contributed by atoms with Gasteiger partial charge in [-0.25, -0.2) is 4.57 Å². The van der Waals surface area contributed by atoms with Crippen molar-refractivity contribution >= 4 is 7.82 Å². The van der Waals surface area contributed by atoms with Crippen LogP contribution in [-0.2, 0) is 22.8 Å². The van der Waals surface area contributed by atoms with Crippen LogP contribution in [-0.4, -0.2) is 4.89 Å². The third-order valence-corrected chi connectivity index (χ3v) is 10.9. The monoisotopic (exact) mass is 618 g/mol. The maximum absolute atomic E-state index is 14.0. The molecule has 1 spiro atoms. The van der Waals surface area contributed by atoms with Crippen molar-refractivity contribution in [1.82, 2.24) is 0 Å². The summed E-state index contributed by atoms with van der Waals surface area (Å²) in [5.41, 5.74) is 12.1. The summed E-state index contributed by atoms with van der Waals surface area (Å²) in [5, 5.41) is 0. The van der Waals surface area contributed by atoms with Crippen LogP contribution in [0.5, 0.6) is 11.5 Å². The second-order valence-corrected chi connectivity index (χ2v) is 13.9. The van der Waals surface area contributed by atoms with Crippen molar-refractivity contribution in [3.8, 4) is 56.0 Å². The summed E-state index contributed by atoms with van der Waals surface area (Å²) in [6, 6.07) is 45.6. The molecule has 0 aromatic heterocycles. The quantitative estimate of drug-likeness (QED) is 0.200. The minimum atomic E-state index is -4.57. The highest BCUT2D eigenvalue weighted by atomic mass is 31.2. The molecule has 224 valence electrons. The van der Waals surface area contributed by atoms with Gasteiger partial charge in [0.15, 0.2) is 0 Å². The van der Waals surface area contributed by atoms with Crippen LogP contribution in [0.15, 0.2) is 133 Å². The van der Waals surface area contributed by atoms with E-state index in [1.54, 1.807) is 0 Å². The zero-order valence-electron chi connectivity index (χ0n) is 25.1. The van der Waals surface area contributed by atoms with Crippen molar-refractivity contribution in [3.63, 3.8) is 0 Å². The maximum Gasteiger partial charge on any atom is 0.584 e. The van der Waals surface area contributed by atoms with Crippen LogP contribution in [0.2, 0.25) is 0 Å². The summed E-state index contributed by atoms with van der Waals surface area (Å²) in [6.45, 7) is 0. The summed E-state index contributed by atoms with van der Waals surface area (Å²) in [5.74, 6) is 0.953. The van der Waals surface area contributed by atoms with E-state index < -0.39 is 7.82 Å². The number of benzene rings is 6. The van der Waals surface area contributed by atoms with E-state index in [0.717, 1.165) is 81.3 Å². The molecule has 5 heteroatoms. The molecule has 0 radical (unpaired) electrons. The Labute approximate surface area is 268 Å². The average Bonchev–Trinajstić information content (AvgIpc) is 3.66. The van der Waals surface area contributed by atoms with E-state index in [4.69, 9.17) is 9.05 Å². The smallest absolute Gasteiger partial charge is 0.394 e. The Morgan fingerprint density at radius 2 is 0.848 bits per heavy atom. The summed E-state index contributed by atoms with van der Waals surface area (Å²) < 4.78 is 26.3. The van der Waals surface area contributed by atoms with E-state index in [1.807, 2.05) is 48.5 Å². The highest BCUT2D eigenvalue weighted by Gasteiger charge is 2.52. The molecule has 0 atom stereocenters. The molecule has 1 heterocycles. The second kappa shape index (κ2) is 10.3. The molecule has 0 unspecified atom stereocenters. The first-order chi connectivity index (χ1) is 22.5. The van der Waals surface area contributed by atoms with E-state index in [1.165, 1.54) is 11.1 Å². The zero-order chi connectivity index (χ0) is 30.9. The van der Waals surface area contributed by atoms with Gasteiger partial charge >= 0.3 is 7.82 Å². The van der Waals surface area contributed by atoms with Gasteiger partial charge in [-0.05, 0) is 70.2 Å². The number of aryl methyl sites for hydroxylation is 2. The van der Waals surface area contributed by atoms with Crippen LogP contribution in [0.25, 0.3) is 44.5 Å². The fraction of sp³-hybridized carbons (Fsp3) is 0.122. The predicted octanol–water partition coefficient (Wildman–Crippen LogP) is 10.4. The third kappa shape index (κ3) is 4.29. The standard InChI is InChI=1S/C41H31O4P/c42-46(43)44-39-35(31-15-11-29(12-16-31)27-7-3-1-4-8-27)21-19-33-23-25-41(37(33)39)26-24-34-20-22-36(40(45-46)38(34)41)32-17-13-30(14-18-32)28-9-5-2-6-10-28/h1-22H,23-26H2,(H,42,43). The highest BCUT2D eigenvalue weighted by molar-refractivity contribution is 7.48. The SMILES string of the molecule is O=P1(O)Oc2c(-c3ccc(-c4ccccc4)cc3)ccc3c2C2(CC3)CCc3ccc(-c4ccc(-c5ccccc5)cc4)c(c32)O1. The Bertz CT molecular complexity index is 2020. The van der Waals surface area contributed by atoms with Gasteiger partial charge in [0, 0.05) is 27.7 Å². The van der Waals surface area contributed by atoms with Gasteiger partial charge in [0.25, 0.3) is 0 Å². The van der Waals surface area contributed by atoms with Crippen molar-refractivity contribution < 1.29 is 18.5 Å². The number of rotatable bonds is 4. The van der Waals surface area contributed by atoms with Crippen molar-refractivity contribution in [1.29, 1.82) is 0 Å². The van der Waals surface area contributed by atoms with E-state index >= 15 is 0 Å². The summed E-state index contributed by atoms with van der Waals surface area (Å²) in [7, 11) is -4.57. The van der Waals surface area contributed by atoms with E-state index in [9.17, 15) is 9.46 Å².